The summed E-state index contributed by atoms with van der Waals surface area (Å²) in [5.74, 6) is 0. The van der Waals surface area contributed by atoms with Gasteiger partial charge in [-0.25, -0.2) is 4.79 Å². The van der Waals surface area contributed by atoms with Crippen molar-refractivity contribution in [3.8, 4) is 0 Å². The van der Waals surface area contributed by atoms with E-state index in [0.717, 1.165) is 18.4 Å². The van der Waals surface area contributed by atoms with Gasteiger partial charge in [0.05, 0.1) is 18.7 Å². The number of aliphatic hydroxyl groups is 1. The molecule has 1 N–H and O–H groups in total. The summed E-state index contributed by atoms with van der Waals surface area (Å²) in [7, 11) is 0. The van der Waals surface area contributed by atoms with Gasteiger partial charge in [-0.2, -0.15) is 0 Å². The highest BCUT2D eigenvalue weighted by Gasteiger charge is 2.39. The number of aliphatic hydroxyl groups excluding tert-OH is 1. The normalized spacial score (nSPS) is 22.9. The van der Waals surface area contributed by atoms with E-state index < -0.39 is 5.60 Å². The number of carbonyl (C=O) groups is 1. The fourth-order valence-electron chi connectivity index (χ4n) is 2.66. The van der Waals surface area contributed by atoms with Crippen molar-refractivity contribution >= 4 is 6.09 Å². The molecule has 1 aromatic rings. The van der Waals surface area contributed by atoms with Crippen LogP contribution in [-0.4, -0.2) is 34.3 Å². The van der Waals surface area contributed by atoms with Crippen LogP contribution in [0.25, 0.3) is 0 Å². The summed E-state index contributed by atoms with van der Waals surface area (Å²) in [6.07, 6.45) is 1.31. The molecule has 1 saturated heterocycles. The monoisotopic (exact) mass is 277 g/mol. The highest BCUT2D eigenvalue weighted by Crippen LogP contribution is 2.36. The molecule has 20 heavy (non-hydrogen) atoms. The topological polar surface area (TPSA) is 49.8 Å². The summed E-state index contributed by atoms with van der Waals surface area (Å²) < 4.78 is 5.48. The lowest BCUT2D eigenvalue weighted by atomic mass is 10.1. The van der Waals surface area contributed by atoms with Crippen LogP contribution in [0.3, 0.4) is 0 Å². The Labute approximate surface area is 120 Å². The maximum atomic E-state index is 12.4. The predicted octanol–water partition coefficient (Wildman–Crippen LogP) is 3.12. The van der Waals surface area contributed by atoms with E-state index in [2.05, 4.69) is 0 Å². The molecule has 0 aromatic heterocycles. The van der Waals surface area contributed by atoms with Crippen LogP contribution in [0.4, 0.5) is 4.79 Å². The smallest absolute Gasteiger partial charge is 0.411 e. The Morgan fingerprint density at radius 2 is 1.95 bits per heavy atom. The minimum absolute atomic E-state index is 0.0109. The number of ether oxygens (including phenoxy) is 1. The highest BCUT2D eigenvalue weighted by molar-refractivity contribution is 5.70. The van der Waals surface area contributed by atoms with E-state index in [9.17, 15) is 9.90 Å². The first-order valence-electron chi connectivity index (χ1n) is 7.09. The van der Waals surface area contributed by atoms with Gasteiger partial charge in [0.2, 0.25) is 0 Å². The van der Waals surface area contributed by atoms with Gasteiger partial charge in [0.25, 0.3) is 0 Å². The molecule has 0 unspecified atom stereocenters. The molecule has 0 spiro atoms. The van der Waals surface area contributed by atoms with Crippen molar-refractivity contribution in [2.45, 2.75) is 51.3 Å². The predicted molar refractivity (Wildman–Crippen MR) is 77.4 cm³/mol. The SMILES string of the molecule is CC(C)(C)OC(=O)N1[C@@H](CO)CC[C@@H]1c1ccccc1. The van der Waals surface area contributed by atoms with Gasteiger partial charge >= 0.3 is 6.09 Å². The molecule has 4 nitrogen and oxygen atoms in total. The van der Waals surface area contributed by atoms with Crippen LogP contribution in [0, 0.1) is 0 Å². The first-order chi connectivity index (χ1) is 9.42. The molecule has 0 saturated carbocycles. The first-order valence-corrected chi connectivity index (χ1v) is 7.09. The Bertz CT molecular complexity index is 453. The van der Waals surface area contributed by atoms with Gasteiger partial charge in [-0.15, -0.1) is 0 Å². The second-order valence-electron chi connectivity index (χ2n) is 6.23. The fraction of sp³-hybridized carbons (Fsp3) is 0.562. The number of nitrogens with zero attached hydrogens (tertiary/aromatic N) is 1. The van der Waals surface area contributed by atoms with Gasteiger partial charge in [0.1, 0.15) is 5.60 Å². The van der Waals surface area contributed by atoms with Gasteiger partial charge < -0.3 is 9.84 Å². The van der Waals surface area contributed by atoms with Crippen molar-refractivity contribution in [2.24, 2.45) is 0 Å². The van der Waals surface area contributed by atoms with Crippen molar-refractivity contribution < 1.29 is 14.6 Å². The third-order valence-corrected chi connectivity index (χ3v) is 3.50. The lowest BCUT2D eigenvalue weighted by molar-refractivity contribution is 0.00869. The average Bonchev–Trinajstić information content (AvgIpc) is 2.81. The number of carbonyl (C=O) groups excluding carboxylic acids is 1. The van der Waals surface area contributed by atoms with Crippen LogP contribution >= 0.6 is 0 Å². The van der Waals surface area contributed by atoms with E-state index in [1.165, 1.54) is 0 Å². The Morgan fingerprint density at radius 1 is 1.30 bits per heavy atom. The van der Waals surface area contributed by atoms with E-state index in [-0.39, 0.29) is 24.8 Å². The third kappa shape index (κ3) is 3.31. The molecule has 2 atom stereocenters. The summed E-state index contributed by atoms with van der Waals surface area (Å²) in [5, 5.41) is 9.50. The van der Waals surface area contributed by atoms with Crippen molar-refractivity contribution in [3.05, 3.63) is 35.9 Å². The molecule has 0 bridgehead atoms. The summed E-state index contributed by atoms with van der Waals surface area (Å²) in [6, 6.07) is 9.76. The Balaban J connectivity index is 2.22. The summed E-state index contributed by atoms with van der Waals surface area (Å²) in [6.45, 7) is 5.54. The molecule has 2 rings (SSSR count). The highest BCUT2D eigenvalue weighted by atomic mass is 16.6. The maximum absolute atomic E-state index is 12.4. The number of benzene rings is 1. The van der Waals surface area contributed by atoms with Crippen LogP contribution in [0.15, 0.2) is 30.3 Å². The summed E-state index contributed by atoms with van der Waals surface area (Å²) in [4.78, 5) is 14.1. The molecule has 1 heterocycles. The van der Waals surface area contributed by atoms with Crippen LogP contribution in [-0.2, 0) is 4.74 Å². The number of likely N-dealkylation sites (tertiary alicyclic amines) is 1. The first kappa shape index (κ1) is 14.9. The standard InChI is InChI=1S/C16H23NO3/c1-16(2,3)20-15(19)17-13(11-18)9-10-14(17)12-7-5-4-6-8-12/h4-8,13-14,18H,9-11H2,1-3H3/t13-,14-/m1/s1. The molecule has 1 aliphatic heterocycles. The Morgan fingerprint density at radius 3 is 2.50 bits per heavy atom. The van der Waals surface area contributed by atoms with Crippen molar-refractivity contribution in [1.82, 2.24) is 4.90 Å². The van der Waals surface area contributed by atoms with Crippen LogP contribution in [0.2, 0.25) is 0 Å². The zero-order chi connectivity index (χ0) is 14.8. The summed E-state index contributed by atoms with van der Waals surface area (Å²) in [5.41, 5.74) is 0.565. The minimum Gasteiger partial charge on any atom is -0.444 e. The molecule has 1 aliphatic rings. The van der Waals surface area contributed by atoms with E-state index >= 15 is 0 Å². The lowest BCUT2D eigenvalue weighted by Crippen LogP contribution is -2.42. The van der Waals surface area contributed by atoms with Crippen LogP contribution < -0.4 is 0 Å². The quantitative estimate of drug-likeness (QED) is 0.903. The molecule has 110 valence electrons. The number of hydrogen-bond acceptors (Lipinski definition) is 3. The summed E-state index contributed by atoms with van der Waals surface area (Å²) >= 11 is 0. The minimum atomic E-state index is -0.527. The van der Waals surface area contributed by atoms with Gasteiger partial charge in [-0.3, -0.25) is 4.90 Å². The molecule has 1 amide bonds. The molecule has 0 aliphatic carbocycles. The van der Waals surface area contributed by atoms with Crippen molar-refractivity contribution in [3.63, 3.8) is 0 Å². The van der Waals surface area contributed by atoms with Crippen LogP contribution in [0.1, 0.15) is 45.2 Å². The second-order valence-corrected chi connectivity index (χ2v) is 6.23. The third-order valence-electron chi connectivity index (χ3n) is 3.50. The molecule has 1 aromatic carbocycles. The maximum Gasteiger partial charge on any atom is 0.411 e. The Hall–Kier alpha value is -1.55. The molecule has 1 fully saturated rings. The molecular weight excluding hydrogens is 254 g/mol. The van der Waals surface area contributed by atoms with E-state index in [1.54, 1.807) is 4.90 Å². The zero-order valence-corrected chi connectivity index (χ0v) is 12.4. The lowest BCUT2D eigenvalue weighted by Gasteiger charge is -2.32. The number of hydrogen-bond donors (Lipinski definition) is 1. The van der Waals surface area contributed by atoms with E-state index in [4.69, 9.17) is 4.74 Å². The molecular formula is C16H23NO3. The average molecular weight is 277 g/mol. The van der Waals surface area contributed by atoms with Crippen molar-refractivity contribution in [1.29, 1.82) is 0 Å². The van der Waals surface area contributed by atoms with Crippen molar-refractivity contribution in [2.75, 3.05) is 6.61 Å². The van der Waals surface area contributed by atoms with Gasteiger partial charge in [-0.1, -0.05) is 30.3 Å². The fourth-order valence-corrected chi connectivity index (χ4v) is 2.66. The zero-order valence-electron chi connectivity index (χ0n) is 12.4. The molecule has 0 radical (unpaired) electrons. The van der Waals surface area contributed by atoms with Gasteiger partial charge in [0, 0.05) is 0 Å². The number of amides is 1. The largest absolute Gasteiger partial charge is 0.444 e. The van der Waals surface area contributed by atoms with Gasteiger partial charge in [0.15, 0.2) is 0 Å². The van der Waals surface area contributed by atoms with E-state index in [0.29, 0.717) is 0 Å². The number of rotatable bonds is 2. The second kappa shape index (κ2) is 5.83. The van der Waals surface area contributed by atoms with Crippen LogP contribution in [0.5, 0.6) is 0 Å². The van der Waals surface area contributed by atoms with E-state index in [1.807, 2.05) is 51.1 Å². The van der Waals surface area contributed by atoms with Gasteiger partial charge in [-0.05, 0) is 39.2 Å². The molecule has 4 heteroatoms. The Kier molecular flexibility index (Phi) is 4.33.